The van der Waals surface area contributed by atoms with Gasteiger partial charge in [0.25, 0.3) is 0 Å². The first-order valence-corrected chi connectivity index (χ1v) is 10.8. The fourth-order valence-corrected chi connectivity index (χ4v) is 4.31. The number of amides is 1. The average molecular weight is 405 g/mol. The summed E-state index contributed by atoms with van der Waals surface area (Å²) in [4.78, 5) is 15.7. The van der Waals surface area contributed by atoms with E-state index >= 15 is 0 Å². The van der Waals surface area contributed by atoms with Gasteiger partial charge in [-0.2, -0.15) is 0 Å². The highest BCUT2D eigenvalue weighted by Gasteiger charge is 2.26. The number of rotatable bonds is 8. The zero-order chi connectivity index (χ0) is 19.9. The van der Waals surface area contributed by atoms with E-state index in [1.807, 2.05) is 23.1 Å². The molecule has 152 valence electrons. The second-order valence-corrected chi connectivity index (χ2v) is 8.18. The summed E-state index contributed by atoms with van der Waals surface area (Å²) in [7, 11) is 4.29. The third-order valence-electron chi connectivity index (χ3n) is 5.03. The number of nitrogens with one attached hydrogen (secondary N) is 1. The quantitative estimate of drug-likeness (QED) is 0.662. The summed E-state index contributed by atoms with van der Waals surface area (Å²) in [6, 6.07) is 10.6. The number of hydrogen-bond acceptors (Lipinski definition) is 5. The standard InChI is InChI=1S/C20H29N5O2S/c1-4-17(23(2)3)19-21-22-20(25(19)14-16-8-6-5-7-9-16)28-15-18(26)24-10-12-27-13-11-24/h5-9,17H,4,10-15H2,1-3H3/p+1/t17-/m0/s1. The third-order valence-corrected chi connectivity index (χ3v) is 5.99. The van der Waals surface area contributed by atoms with Crippen LogP contribution >= 0.6 is 11.8 Å². The van der Waals surface area contributed by atoms with Gasteiger partial charge in [-0.15, -0.1) is 10.2 Å². The van der Waals surface area contributed by atoms with Crippen LogP contribution < -0.4 is 4.90 Å². The molecule has 7 nitrogen and oxygen atoms in total. The van der Waals surface area contributed by atoms with Gasteiger partial charge in [0, 0.05) is 19.5 Å². The molecule has 1 aliphatic heterocycles. The van der Waals surface area contributed by atoms with Crippen molar-refractivity contribution in [2.45, 2.75) is 31.1 Å². The van der Waals surface area contributed by atoms with Crippen LogP contribution in [-0.4, -0.2) is 71.7 Å². The van der Waals surface area contributed by atoms with Crippen molar-refractivity contribution in [3.05, 3.63) is 41.7 Å². The zero-order valence-electron chi connectivity index (χ0n) is 16.9. The first-order valence-electron chi connectivity index (χ1n) is 9.85. The molecule has 1 saturated heterocycles. The van der Waals surface area contributed by atoms with Gasteiger partial charge in [0.2, 0.25) is 5.91 Å². The predicted molar refractivity (Wildman–Crippen MR) is 110 cm³/mol. The molecule has 0 aliphatic carbocycles. The lowest BCUT2D eigenvalue weighted by Gasteiger charge is -2.26. The van der Waals surface area contributed by atoms with Crippen molar-refractivity contribution < 1.29 is 14.4 Å². The van der Waals surface area contributed by atoms with Crippen LogP contribution in [0, 0.1) is 0 Å². The van der Waals surface area contributed by atoms with E-state index in [1.54, 1.807) is 0 Å². The Balaban J connectivity index is 1.79. The smallest absolute Gasteiger partial charge is 0.233 e. The van der Waals surface area contributed by atoms with Gasteiger partial charge in [-0.3, -0.25) is 9.36 Å². The van der Waals surface area contributed by atoms with Crippen LogP contribution in [0.15, 0.2) is 35.5 Å². The largest absolute Gasteiger partial charge is 0.378 e. The van der Waals surface area contributed by atoms with E-state index in [4.69, 9.17) is 4.74 Å². The number of thioether (sulfide) groups is 1. The summed E-state index contributed by atoms with van der Waals surface area (Å²) in [5.41, 5.74) is 1.20. The molecule has 1 aliphatic rings. The Morgan fingerprint density at radius 1 is 1.21 bits per heavy atom. The highest BCUT2D eigenvalue weighted by atomic mass is 32.2. The number of carbonyl (C=O) groups is 1. The lowest BCUT2D eigenvalue weighted by atomic mass is 10.2. The molecule has 0 bridgehead atoms. The number of ether oxygens (including phenoxy) is 1. The highest BCUT2D eigenvalue weighted by molar-refractivity contribution is 7.99. The molecular formula is C20H30N5O2S+. The van der Waals surface area contributed by atoms with Crippen molar-refractivity contribution in [1.29, 1.82) is 0 Å². The molecule has 0 spiro atoms. The van der Waals surface area contributed by atoms with Crippen molar-refractivity contribution in [2.24, 2.45) is 0 Å². The number of morpholine rings is 1. The fraction of sp³-hybridized carbons (Fsp3) is 0.550. The number of nitrogens with zero attached hydrogens (tertiary/aromatic N) is 4. The van der Waals surface area contributed by atoms with Gasteiger partial charge in [-0.25, -0.2) is 0 Å². The van der Waals surface area contributed by atoms with E-state index < -0.39 is 0 Å². The lowest BCUT2D eigenvalue weighted by Crippen LogP contribution is -3.06. The maximum absolute atomic E-state index is 12.5. The van der Waals surface area contributed by atoms with Crippen molar-refractivity contribution in [1.82, 2.24) is 19.7 Å². The number of carbonyl (C=O) groups excluding carboxylic acids is 1. The first-order chi connectivity index (χ1) is 13.6. The topological polar surface area (TPSA) is 64.7 Å². The third kappa shape index (κ3) is 5.12. The van der Waals surface area contributed by atoms with E-state index in [0.29, 0.717) is 38.6 Å². The molecule has 1 N–H and O–H groups in total. The normalized spacial score (nSPS) is 15.8. The predicted octanol–water partition coefficient (Wildman–Crippen LogP) is 0.873. The maximum Gasteiger partial charge on any atom is 0.233 e. The molecule has 1 aromatic carbocycles. The minimum atomic E-state index is 0.134. The molecule has 0 saturated carbocycles. The summed E-state index contributed by atoms with van der Waals surface area (Å²) >= 11 is 1.48. The summed E-state index contributed by atoms with van der Waals surface area (Å²) in [5.74, 6) is 1.49. The highest BCUT2D eigenvalue weighted by Crippen LogP contribution is 2.23. The van der Waals surface area contributed by atoms with E-state index in [1.165, 1.54) is 22.2 Å². The van der Waals surface area contributed by atoms with Gasteiger partial charge < -0.3 is 14.5 Å². The van der Waals surface area contributed by atoms with Gasteiger partial charge in [-0.1, -0.05) is 49.0 Å². The Morgan fingerprint density at radius 3 is 2.57 bits per heavy atom. The SMILES string of the molecule is CC[C@@H](c1nnc(SCC(=O)N2CCOCC2)n1Cc1ccccc1)[NH+](C)C. The van der Waals surface area contributed by atoms with Crippen LogP contribution in [0.1, 0.15) is 30.8 Å². The van der Waals surface area contributed by atoms with Crippen molar-refractivity contribution in [3.63, 3.8) is 0 Å². The van der Waals surface area contributed by atoms with Crippen molar-refractivity contribution in [2.75, 3.05) is 46.2 Å². The van der Waals surface area contributed by atoms with E-state index in [9.17, 15) is 4.79 Å². The lowest BCUT2D eigenvalue weighted by molar-refractivity contribution is -0.893. The fourth-order valence-electron chi connectivity index (χ4n) is 3.46. The number of hydrogen-bond donors (Lipinski definition) is 1. The Labute approximate surface area is 171 Å². The summed E-state index contributed by atoms with van der Waals surface area (Å²) < 4.78 is 7.51. The van der Waals surface area contributed by atoms with E-state index in [2.05, 4.69) is 47.9 Å². The number of aromatic nitrogens is 3. The average Bonchev–Trinajstić information content (AvgIpc) is 3.10. The second-order valence-electron chi connectivity index (χ2n) is 7.23. The molecule has 2 aromatic rings. The second kappa shape index (κ2) is 10.0. The first kappa shape index (κ1) is 20.8. The van der Waals surface area contributed by atoms with Crippen molar-refractivity contribution >= 4 is 17.7 Å². The number of quaternary nitrogens is 1. The molecule has 3 rings (SSSR count). The Hall–Kier alpha value is -1.90. The molecule has 1 aromatic heterocycles. The van der Waals surface area contributed by atoms with Crippen LogP contribution in [0.2, 0.25) is 0 Å². The monoisotopic (exact) mass is 404 g/mol. The zero-order valence-corrected chi connectivity index (χ0v) is 17.7. The molecular weight excluding hydrogens is 374 g/mol. The van der Waals surface area contributed by atoms with Crippen LogP contribution in [0.4, 0.5) is 0 Å². The van der Waals surface area contributed by atoms with Crippen LogP contribution in [-0.2, 0) is 16.1 Å². The molecule has 28 heavy (non-hydrogen) atoms. The molecule has 8 heteroatoms. The van der Waals surface area contributed by atoms with Gasteiger partial charge in [0.15, 0.2) is 11.0 Å². The van der Waals surface area contributed by atoms with Crippen molar-refractivity contribution in [3.8, 4) is 0 Å². The minimum Gasteiger partial charge on any atom is -0.378 e. The Morgan fingerprint density at radius 2 is 1.93 bits per heavy atom. The Bertz CT molecular complexity index is 759. The maximum atomic E-state index is 12.5. The molecule has 1 fully saturated rings. The summed E-state index contributed by atoms with van der Waals surface area (Å²) in [6.45, 7) is 5.46. The number of benzene rings is 1. The van der Waals surface area contributed by atoms with E-state index in [0.717, 1.165) is 17.4 Å². The minimum absolute atomic E-state index is 0.134. The summed E-state index contributed by atoms with van der Waals surface area (Å²) in [6.07, 6.45) is 0.979. The molecule has 1 atom stereocenters. The molecule has 2 heterocycles. The van der Waals surface area contributed by atoms with Crippen LogP contribution in [0.25, 0.3) is 0 Å². The molecule has 1 amide bonds. The van der Waals surface area contributed by atoms with E-state index in [-0.39, 0.29) is 11.9 Å². The van der Waals surface area contributed by atoms with Gasteiger partial charge in [0.1, 0.15) is 6.04 Å². The molecule has 0 radical (unpaired) electrons. The summed E-state index contributed by atoms with van der Waals surface area (Å²) in [5, 5.41) is 9.78. The molecule has 0 unspecified atom stereocenters. The van der Waals surface area contributed by atoms with Gasteiger partial charge in [-0.05, 0) is 5.56 Å². The van der Waals surface area contributed by atoms with Gasteiger partial charge >= 0.3 is 0 Å². The van der Waals surface area contributed by atoms with Gasteiger partial charge in [0.05, 0.1) is 39.6 Å². The van der Waals surface area contributed by atoms with Crippen LogP contribution in [0.5, 0.6) is 0 Å². The Kier molecular flexibility index (Phi) is 7.47. The van der Waals surface area contributed by atoms with Crippen LogP contribution in [0.3, 0.4) is 0 Å².